The highest BCUT2D eigenvalue weighted by molar-refractivity contribution is 5.76. The normalized spacial score (nSPS) is 17.0. The number of nitrogens with zero attached hydrogens (tertiary/aromatic N) is 5. The molecule has 4 rings (SSSR count). The van der Waals surface area contributed by atoms with Gasteiger partial charge in [0.1, 0.15) is 11.3 Å². The van der Waals surface area contributed by atoms with Crippen molar-refractivity contribution in [1.29, 1.82) is 0 Å². The summed E-state index contributed by atoms with van der Waals surface area (Å²) in [6.07, 6.45) is -2.85. The Balaban J connectivity index is 1.23. The van der Waals surface area contributed by atoms with Crippen LogP contribution in [-0.4, -0.2) is 93.8 Å². The number of benzene rings is 2. The molecule has 0 aromatic heterocycles. The van der Waals surface area contributed by atoms with Crippen molar-refractivity contribution >= 4 is 23.0 Å². The predicted molar refractivity (Wildman–Crippen MR) is 146 cm³/mol. The maximum Gasteiger partial charge on any atom is 0.423 e. The number of anilines is 2. The van der Waals surface area contributed by atoms with Crippen molar-refractivity contribution in [1.82, 2.24) is 9.80 Å². The predicted octanol–water partition coefficient (Wildman–Crippen LogP) is 4.33. The van der Waals surface area contributed by atoms with E-state index in [0.717, 1.165) is 64.1 Å². The lowest BCUT2D eigenvalue weighted by molar-refractivity contribution is -0.737. The van der Waals surface area contributed by atoms with Gasteiger partial charge in [-0.3, -0.25) is 9.69 Å². The quantitative estimate of drug-likeness (QED) is 0.420. The number of carbonyl (C=O) groups is 1. The van der Waals surface area contributed by atoms with Crippen LogP contribution in [0.3, 0.4) is 0 Å². The summed E-state index contributed by atoms with van der Waals surface area (Å²) >= 11 is 0. The number of methoxy groups -OCH3 is 1. The number of hydrogen-bond acceptors (Lipinski definition) is 7. The van der Waals surface area contributed by atoms with Gasteiger partial charge in [-0.1, -0.05) is 0 Å². The molecule has 2 aliphatic rings. The zero-order valence-corrected chi connectivity index (χ0v) is 23.0. The molecule has 9 nitrogen and oxygen atoms in total. The number of alkyl halides is 3. The summed E-state index contributed by atoms with van der Waals surface area (Å²) in [6.45, 7) is 6.53. The van der Waals surface area contributed by atoms with Crippen molar-refractivity contribution in [3.8, 4) is 5.75 Å². The number of amides is 1. The maximum atomic E-state index is 13.6. The minimum atomic E-state index is -4.71. The Morgan fingerprint density at radius 1 is 0.875 bits per heavy atom. The summed E-state index contributed by atoms with van der Waals surface area (Å²) < 4.78 is 46.1. The first-order valence-corrected chi connectivity index (χ1v) is 13.6. The third-order valence-electron chi connectivity index (χ3n) is 7.54. The highest BCUT2D eigenvalue weighted by Gasteiger charge is 2.41. The summed E-state index contributed by atoms with van der Waals surface area (Å²) in [4.78, 5) is 37.3. The molecule has 0 aliphatic carbocycles. The van der Waals surface area contributed by atoms with Crippen molar-refractivity contribution < 1.29 is 32.5 Å². The second-order valence-corrected chi connectivity index (χ2v) is 9.99. The fraction of sp³-hybridized carbons (Fsp3) is 0.536. The van der Waals surface area contributed by atoms with Gasteiger partial charge in [-0.2, -0.15) is 13.2 Å². The molecular formula is C28H37F3N5O4+. The number of halogens is 3. The molecule has 12 heteroatoms. The third kappa shape index (κ3) is 7.35. The lowest BCUT2D eigenvalue weighted by Crippen LogP contribution is -2.46. The molecule has 0 atom stereocenters. The van der Waals surface area contributed by atoms with E-state index in [1.54, 1.807) is 7.11 Å². The van der Waals surface area contributed by atoms with Crippen molar-refractivity contribution in [2.75, 3.05) is 82.9 Å². The molecule has 218 valence electrons. The van der Waals surface area contributed by atoms with Crippen molar-refractivity contribution in [2.45, 2.75) is 25.4 Å². The van der Waals surface area contributed by atoms with Gasteiger partial charge in [-0.05, 0) is 55.8 Å². The van der Waals surface area contributed by atoms with Crippen LogP contribution in [0.5, 0.6) is 5.75 Å². The smallest absolute Gasteiger partial charge is 0.423 e. The van der Waals surface area contributed by atoms with E-state index >= 15 is 0 Å². The molecule has 2 aromatic rings. The molecular weight excluding hydrogens is 527 g/mol. The summed E-state index contributed by atoms with van der Waals surface area (Å²) in [7, 11) is 2.68. The van der Waals surface area contributed by atoms with Crippen LogP contribution in [0.25, 0.3) is 0 Å². The summed E-state index contributed by atoms with van der Waals surface area (Å²) in [5, 5.41) is 0. The van der Waals surface area contributed by atoms with E-state index in [1.165, 1.54) is 11.8 Å². The molecule has 2 heterocycles. The van der Waals surface area contributed by atoms with E-state index in [-0.39, 0.29) is 10.8 Å². The molecule has 2 saturated heterocycles. The van der Waals surface area contributed by atoms with E-state index in [9.17, 15) is 22.9 Å². The average Bonchev–Trinajstić information content (AvgIpc) is 3.23. The summed E-state index contributed by atoms with van der Waals surface area (Å²) in [5.74, 6) is 0.917. The molecule has 2 aliphatic heterocycles. The zero-order valence-electron chi connectivity index (χ0n) is 23.0. The Morgan fingerprint density at radius 2 is 1.52 bits per heavy atom. The number of hydrogen-bond donors (Lipinski definition) is 0. The van der Waals surface area contributed by atoms with Crippen LogP contribution < -0.4 is 14.5 Å². The van der Waals surface area contributed by atoms with E-state index < -0.39 is 17.4 Å². The molecule has 40 heavy (non-hydrogen) atoms. The topological polar surface area (TPSA) is 68.6 Å². The van der Waals surface area contributed by atoms with Crippen LogP contribution in [0.15, 0.2) is 42.5 Å². The molecule has 0 saturated carbocycles. The Hall–Kier alpha value is -3.54. The van der Waals surface area contributed by atoms with Crippen LogP contribution in [0, 0.1) is 4.91 Å². The van der Waals surface area contributed by atoms with Crippen LogP contribution in [-0.2, 0) is 15.8 Å². The fourth-order valence-corrected chi connectivity index (χ4v) is 5.27. The van der Waals surface area contributed by atoms with Gasteiger partial charge in [0.05, 0.1) is 12.0 Å². The van der Waals surface area contributed by atoms with Crippen molar-refractivity contribution in [3.05, 3.63) is 52.9 Å². The standard InChI is InChI=1S/C28H37F3N5O4/c1-39-24-9-6-22(7-10-24)34-17-15-32(16-18-34)12-3-5-27(37)35-14-4-13-33(19-20-35)23-8-11-26(36(38)40-2)25(21-23)28(29,30)31/h6-11,21H,3-5,12-20H2,1-2H3/q+1. The molecule has 0 radical (unpaired) electrons. The SMILES string of the molecule is COc1ccc(N2CCN(CCCC(=O)N3CCCN(c4ccc([N+](=O)OC)c(C(F)(F)F)c4)CC3)CC2)cc1. The number of ether oxygens (including phenoxy) is 1. The lowest BCUT2D eigenvalue weighted by Gasteiger charge is -2.36. The highest BCUT2D eigenvalue weighted by Crippen LogP contribution is 2.38. The van der Waals surface area contributed by atoms with Gasteiger partial charge in [0.15, 0.2) is 7.11 Å². The van der Waals surface area contributed by atoms with E-state index in [4.69, 9.17) is 4.74 Å². The van der Waals surface area contributed by atoms with Gasteiger partial charge in [0.2, 0.25) is 5.91 Å². The molecule has 0 spiro atoms. The first kappa shape index (κ1) is 29.4. The first-order valence-electron chi connectivity index (χ1n) is 13.6. The average molecular weight is 565 g/mol. The molecule has 0 bridgehead atoms. The van der Waals surface area contributed by atoms with Gasteiger partial charge in [0.25, 0.3) is 4.92 Å². The third-order valence-corrected chi connectivity index (χ3v) is 7.54. The van der Waals surface area contributed by atoms with Gasteiger partial charge < -0.3 is 19.4 Å². The van der Waals surface area contributed by atoms with Crippen LogP contribution in [0.2, 0.25) is 0 Å². The van der Waals surface area contributed by atoms with Gasteiger partial charge >= 0.3 is 11.9 Å². The lowest BCUT2D eigenvalue weighted by atomic mass is 10.1. The largest absolute Gasteiger partial charge is 0.497 e. The number of piperazine rings is 1. The minimum absolute atomic E-state index is 0.0761. The summed E-state index contributed by atoms with van der Waals surface area (Å²) in [5.41, 5.74) is -0.0983. The second kappa shape index (κ2) is 13.2. The Kier molecular flexibility index (Phi) is 9.72. The van der Waals surface area contributed by atoms with Crippen molar-refractivity contribution in [2.24, 2.45) is 0 Å². The zero-order chi connectivity index (χ0) is 28.7. The van der Waals surface area contributed by atoms with E-state index in [2.05, 4.69) is 26.8 Å². The fourth-order valence-electron chi connectivity index (χ4n) is 5.27. The Morgan fingerprint density at radius 3 is 2.17 bits per heavy atom. The number of rotatable bonds is 9. The van der Waals surface area contributed by atoms with Crippen LogP contribution >= 0.6 is 0 Å². The van der Waals surface area contributed by atoms with Gasteiger partial charge in [-0.15, -0.1) is 0 Å². The van der Waals surface area contributed by atoms with Gasteiger partial charge in [-0.25, -0.2) is 4.84 Å². The van der Waals surface area contributed by atoms with E-state index in [1.807, 2.05) is 21.9 Å². The monoisotopic (exact) mass is 564 g/mol. The minimum Gasteiger partial charge on any atom is -0.497 e. The first-order chi connectivity index (χ1) is 19.2. The maximum absolute atomic E-state index is 13.6. The van der Waals surface area contributed by atoms with Crippen LogP contribution in [0.4, 0.5) is 30.2 Å². The number of carbonyl (C=O) groups excluding carboxylic acids is 1. The molecule has 2 aromatic carbocycles. The van der Waals surface area contributed by atoms with Crippen molar-refractivity contribution in [3.63, 3.8) is 0 Å². The molecule has 1 amide bonds. The van der Waals surface area contributed by atoms with Gasteiger partial charge in [0, 0.05) is 76.2 Å². The Labute approximate surface area is 232 Å². The van der Waals surface area contributed by atoms with Crippen LogP contribution in [0.1, 0.15) is 24.8 Å². The molecule has 2 fully saturated rings. The molecule has 0 N–H and O–H groups in total. The molecule has 0 unspecified atom stereocenters. The Bertz CT molecular complexity index is 1150. The highest BCUT2D eigenvalue weighted by atomic mass is 19.4. The summed E-state index contributed by atoms with van der Waals surface area (Å²) in [6, 6.07) is 11.7. The second-order valence-electron chi connectivity index (χ2n) is 9.99. The van der Waals surface area contributed by atoms with E-state index in [0.29, 0.717) is 44.7 Å².